The Morgan fingerprint density at radius 1 is 1.50 bits per heavy atom. The lowest BCUT2D eigenvalue weighted by Crippen LogP contribution is -2.00. The summed E-state index contributed by atoms with van der Waals surface area (Å²) in [5.74, 6) is 0.689. The molecule has 2 rings (SSSR count). The van der Waals surface area contributed by atoms with Crippen molar-refractivity contribution < 1.29 is 0 Å². The SMILES string of the molecule is Cc1csc(Nc2c(C#N)c(C)nn2C)n1. The molecular formula is C10H11N5S. The predicted molar refractivity (Wildman–Crippen MR) is 62.8 cm³/mol. The number of nitriles is 1. The van der Waals surface area contributed by atoms with Gasteiger partial charge in [0.05, 0.1) is 11.4 Å². The van der Waals surface area contributed by atoms with Crippen molar-refractivity contribution in [2.24, 2.45) is 7.05 Å². The van der Waals surface area contributed by atoms with Crippen molar-refractivity contribution in [1.29, 1.82) is 5.26 Å². The molecule has 0 atom stereocenters. The second-order valence-corrected chi connectivity index (χ2v) is 4.32. The van der Waals surface area contributed by atoms with Crippen LogP contribution in [0, 0.1) is 25.2 Å². The molecular weight excluding hydrogens is 222 g/mol. The molecule has 2 heterocycles. The fourth-order valence-corrected chi connectivity index (χ4v) is 2.14. The van der Waals surface area contributed by atoms with Gasteiger partial charge in [-0.1, -0.05) is 0 Å². The highest BCUT2D eigenvalue weighted by Gasteiger charge is 2.13. The first-order valence-corrected chi connectivity index (χ1v) is 5.62. The van der Waals surface area contributed by atoms with Crippen LogP contribution >= 0.6 is 11.3 Å². The van der Waals surface area contributed by atoms with Gasteiger partial charge in [-0.3, -0.25) is 4.68 Å². The Kier molecular flexibility index (Phi) is 2.62. The minimum Gasteiger partial charge on any atom is -0.315 e. The molecule has 0 saturated heterocycles. The Balaban J connectivity index is 2.38. The molecule has 2 aromatic rings. The minimum atomic E-state index is 0.565. The number of aryl methyl sites for hydroxylation is 3. The van der Waals surface area contributed by atoms with E-state index in [4.69, 9.17) is 5.26 Å². The zero-order valence-electron chi connectivity index (χ0n) is 9.27. The van der Waals surface area contributed by atoms with Crippen LogP contribution in [0.3, 0.4) is 0 Å². The van der Waals surface area contributed by atoms with Crippen molar-refractivity contribution in [2.45, 2.75) is 13.8 Å². The first kappa shape index (κ1) is 10.6. The molecule has 0 saturated carbocycles. The summed E-state index contributed by atoms with van der Waals surface area (Å²) >= 11 is 1.51. The van der Waals surface area contributed by atoms with Crippen molar-refractivity contribution in [3.8, 4) is 6.07 Å². The van der Waals surface area contributed by atoms with Gasteiger partial charge in [0.1, 0.15) is 17.5 Å². The second kappa shape index (κ2) is 3.94. The summed E-state index contributed by atoms with van der Waals surface area (Å²) in [6.07, 6.45) is 0. The quantitative estimate of drug-likeness (QED) is 0.862. The van der Waals surface area contributed by atoms with Gasteiger partial charge in [0.25, 0.3) is 0 Å². The van der Waals surface area contributed by atoms with Crippen molar-refractivity contribution in [3.05, 3.63) is 22.3 Å². The van der Waals surface area contributed by atoms with Gasteiger partial charge in [0, 0.05) is 12.4 Å². The fourth-order valence-electron chi connectivity index (χ4n) is 1.45. The zero-order chi connectivity index (χ0) is 11.7. The minimum absolute atomic E-state index is 0.565. The number of hydrogen-bond donors (Lipinski definition) is 1. The first-order chi connectivity index (χ1) is 7.61. The molecule has 0 bridgehead atoms. The first-order valence-electron chi connectivity index (χ1n) is 4.74. The van der Waals surface area contributed by atoms with Gasteiger partial charge in [-0.2, -0.15) is 10.4 Å². The van der Waals surface area contributed by atoms with Crippen LogP contribution in [0.1, 0.15) is 17.0 Å². The highest BCUT2D eigenvalue weighted by atomic mass is 32.1. The van der Waals surface area contributed by atoms with Gasteiger partial charge in [-0.15, -0.1) is 11.3 Å². The summed E-state index contributed by atoms with van der Waals surface area (Å²) in [7, 11) is 1.80. The predicted octanol–water partition coefficient (Wildman–Crippen LogP) is 2.11. The standard InChI is InChI=1S/C10H11N5S/c1-6-5-16-10(12-6)13-9-8(4-11)7(2)14-15(9)3/h5H,1-3H3,(H,12,13). The number of anilines is 2. The topological polar surface area (TPSA) is 66.5 Å². The Labute approximate surface area is 97.4 Å². The average molecular weight is 233 g/mol. The van der Waals surface area contributed by atoms with E-state index in [0.29, 0.717) is 11.4 Å². The van der Waals surface area contributed by atoms with Crippen LogP contribution in [0.15, 0.2) is 5.38 Å². The molecule has 2 aromatic heterocycles. The molecule has 1 N–H and O–H groups in total. The third-order valence-electron chi connectivity index (χ3n) is 2.18. The molecule has 0 unspecified atom stereocenters. The van der Waals surface area contributed by atoms with Crippen LogP contribution in [0.5, 0.6) is 0 Å². The Morgan fingerprint density at radius 3 is 2.81 bits per heavy atom. The van der Waals surface area contributed by atoms with Gasteiger partial charge in [-0.25, -0.2) is 4.98 Å². The van der Waals surface area contributed by atoms with E-state index in [1.54, 1.807) is 11.7 Å². The summed E-state index contributed by atoms with van der Waals surface area (Å²) in [6.45, 7) is 3.75. The van der Waals surface area contributed by atoms with Gasteiger partial charge in [0.15, 0.2) is 5.13 Å². The van der Waals surface area contributed by atoms with E-state index in [-0.39, 0.29) is 0 Å². The summed E-state index contributed by atoms with van der Waals surface area (Å²) in [5.41, 5.74) is 2.25. The van der Waals surface area contributed by atoms with Crippen LogP contribution in [0.2, 0.25) is 0 Å². The fraction of sp³-hybridized carbons (Fsp3) is 0.300. The molecule has 0 aromatic carbocycles. The zero-order valence-corrected chi connectivity index (χ0v) is 10.1. The Bertz CT molecular complexity index is 560. The third kappa shape index (κ3) is 1.77. The summed E-state index contributed by atoms with van der Waals surface area (Å²) < 4.78 is 1.66. The maximum absolute atomic E-state index is 9.04. The summed E-state index contributed by atoms with van der Waals surface area (Å²) in [6, 6.07) is 2.14. The third-order valence-corrected chi connectivity index (χ3v) is 3.05. The van der Waals surface area contributed by atoms with Crippen LogP contribution in [0.4, 0.5) is 10.9 Å². The number of thiazole rings is 1. The number of rotatable bonds is 2. The molecule has 0 amide bonds. The lowest BCUT2D eigenvalue weighted by atomic mass is 10.3. The van der Waals surface area contributed by atoms with Crippen molar-refractivity contribution in [2.75, 3.05) is 5.32 Å². The van der Waals surface area contributed by atoms with E-state index >= 15 is 0 Å². The molecule has 0 aliphatic rings. The van der Waals surface area contributed by atoms with E-state index < -0.39 is 0 Å². The number of aromatic nitrogens is 3. The molecule has 0 aliphatic carbocycles. The van der Waals surface area contributed by atoms with Crippen molar-refractivity contribution in [1.82, 2.24) is 14.8 Å². The Morgan fingerprint density at radius 2 is 2.25 bits per heavy atom. The van der Waals surface area contributed by atoms with Gasteiger partial charge in [-0.05, 0) is 13.8 Å². The highest BCUT2D eigenvalue weighted by molar-refractivity contribution is 7.13. The maximum atomic E-state index is 9.04. The van der Waals surface area contributed by atoms with E-state index in [9.17, 15) is 0 Å². The van der Waals surface area contributed by atoms with Crippen LogP contribution in [-0.2, 0) is 7.05 Å². The van der Waals surface area contributed by atoms with E-state index in [0.717, 1.165) is 16.5 Å². The molecule has 16 heavy (non-hydrogen) atoms. The van der Waals surface area contributed by atoms with Crippen LogP contribution < -0.4 is 5.32 Å². The summed E-state index contributed by atoms with van der Waals surface area (Å²) in [4.78, 5) is 4.29. The number of nitrogens with zero attached hydrogens (tertiary/aromatic N) is 4. The molecule has 0 aliphatic heterocycles. The molecule has 0 fully saturated rings. The van der Waals surface area contributed by atoms with Crippen molar-refractivity contribution in [3.63, 3.8) is 0 Å². The van der Waals surface area contributed by atoms with Crippen molar-refractivity contribution >= 4 is 22.3 Å². The second-order valence-electron chi connectivity index (χ2n) is 3.46. The normalized spacial score (nSPS) is 10.1. The number of hydrogen-bond acceptors (Lipinski definition) is 5. The molecule has 0 radical (unpaired) electrons. The average Bonchev–Trinajstić information content (AvgIpc) is 2.73. The smallest absolute Gasteiger partial charge is 0.188 e. The van der Waals surface area contributed by atoms with Gasteiger partial charge < -0.3 is 5.32 Å². The Hall–Kier alpha value is -1.87. The molecule has 0 spiro atoms. The maximum Gasteiger partial charge on any atom is 0.188 e. The van der Waals surface area contributed by atoms with Gasteiger partial charge >= 0.3 is 0 Å². The lowest BCUT2D eigenvalue weighted by Gasteiger charge is -2.02. The monoisotopic (exact) mass is 233 g/mol. The van der Waals surface area contributed by atoms with E-state index in [1.807, 2.05) is 19.2 Å². The van der Waals surface area contributed by atoms with Gasteiger partial charge in [0.2, 0.25) is 0 Å². The molecule has 82 valence electrons. The van der Waals surface area contributed by atoms with E-state index in [2.05, 4.69) is 21.5 Å². The number of nitrogens with one attached hydrogen (secondary N) is 1. The molecule has 6 heteroatoms. The van der Waals surface area contributed by atoms with Crippen LogP contribution in [-0.4, -0.2) is 14.8 Å². The lowest BCUT2D eigenvalue weighted by molar-refractivity contribution is 0.764. The molecule has 5 nitrogen and oxygen atoms in total. The highest BCUT2D eigenvalue weighted by Crippen LogP contribution is 2.24. The van der Waals surface area contributed by atoms with Crippen LogP contribution in [0.25, 0.3) is 0 Å². The summed E-state index contributed by atoms with van der Waals surface area (Å²) in [5, 5.41) is 19.1. The van der Waals surface area contributed by atoms with E-state index in [1.165, 1.54) is 11.3 Å². The largest absolute Gasteiger partial charge is 0.315 e.